The molecule has 0 spiro atoms. The molecule has 172 valence electrons. The largest absolute Gasteiger partial charge is 0.462 e. The second kappa shape index (κ2) is 9.57. The molecular weight excluding hydrogens is 488 g/mol. The van der Waals surface area contributed by atoms with Gasteiger partial charge < -0.3 is 10.1 Å². The van der Waals surface area contributed by atoms with E-state index in [0.717, 1.165) is 31.9 Å². The maximum Gasteiger partial charge on any atom is 0.341 e. The first-order valence-corrected chi connectivity index (χ1v) is 13.2. The van der Waals surface area contributed by atoms with Crippen molar-refractivity contribution in [2.45, 2.75) is 19.0 Å². The molecule has 0 fully saturated rings. The van der Waals surface area contributed by atoms with Crippen LogP contribution < -0.4 is 5.32 Å². The van der Waals surface area contributed by atoms with Crippen LogP contribution in [0.15, 0.2) is 59.1 Å². The smallest absolute Gasteiger partial charge is 0.341 e. The first-order valence-electron chi connectivity index (χ1n) is 10.6. The summed E-state index contributed by atoms with van der Waals surface area (Å²) in [4.78, 5) is 26.4. The molecule has 0 saturated heterocycles. The van der Waals surface area contributed by atoms with Gasteiger partial charge in [0.25, 0.3) is 0 Å². The van der Waals surface area contributed by atoms with Crippen molar-refractivity contribution in [3.05, 3.63) is 65.0 Å². The van der Waals surface area contributed by atoms with Gasteiger partial charge in [0.05, 0.1) is 22.6 Å². The van der Waals surface area contributed by atoms with E-state index in [1.807, 2.05) is 65.2 Å². The number of fused-ring (bicyclic) bond motifs is 3. The fraction of sp³-hybridized carbons (Fsp3) is 0.167. The Balaban J connectivity index is 1.37. The molecular formula is C24H20N4O3S3. The molecule has 0 aliphatic carbocycles. The monoisotopic (exact) mass is 508 g/mol. The molecule has 10 heteroatoms. The SMILES string of the molecule is CCOC(=O)c1c(-c2ccc(C)cc2)csc1NC(=O)CSc1nnc2sc3ccccc3n12. The van der Waals surface area contributed by atoms with Crippen molar-refractivity contribution in [1.82, 2.24) is 14.6 Å². The Morgan fingerprint density at radius 3 is 2.71 bits per heavy atom. The van der Waals surface area contributed by atoms with Gasteiger partial charge in [0.15, 0.2) is 5.16 Å². The number of benzene rings is 2. The number of amides is 1. The third-order valence-corrected chi connectivity index (χ3v) is 7.97. The lowest BCUT2D eigenvalue weighted by molar-refractivity contribution is -0.113. The summed E-state index contributed by atoms with van der Waals surface area (Å²) in [7, 11) is 0. The average Bonchev–Trinajstić information content (AvgIpc) is 3.52. The van der Waals surface area contributed by atoms with Crippen LogP contribution in [0.4, 0.5) is 5.00 Å². The molecule has 2 aromatic carbocycles. The average molecular weight is 509 g/mol. The van der Waals surface area contributed by atoms with Gasteiger partial charge in [0, 0.05) is 10.9 Å². The van der Waals surface area contributed by atoms with Gasteiger partial charge in [-0.15, -0.1) is 21.5 Å². The number of carbonyl (C=O) groups is 2. The molecule has 5 rings (SSSR count). The van der Waals surface area contributed by atoms with Crippen LogP contribution in [0.5, 0.6) is 0 Å². The molecule has 1 amide bonds. The molecule has 1 N–H and O–H groups in total. The van der Waals surface area contributed by atoms with Gasteiger partial charge in [-0.05, 0) is 31.5 Å². The van der Waals surface area contributed by atoms with Crippen molar-refractivity contribution in [2.75, 3.05) is 17.7 Å². The highest BCUT2D eigenvalue weighted by Gasteiger charge is 2.23. The maximum atomic E-state index is 12.8. The molecule has 0 bridgehead atoms. The first-order chi connectivity index (χ1) is 16.5. The summed E-state index contributed by atoms with van der Waals surface area (Å²) in [6, 6.07) is 15.9. The summed E-state index contributed by atoms with van der Waals surface area (Å²) in [6.45, 7) is 4.02. The van der Waals surface area contributed by atoms with Gasteiger partial charge in [-0.3, -0.25) is 9.20 Å². The Morgan fingerprint density at radius 1 is 1.12 bits per heavy atom. The zero-order chi connectivity index (χ0) is 23.7. The van der Waals surface area contributed by atoms with E-state index in [1.54, 1.807) is 18.3 Å². The van der Waals surface area contributed by atoms with E-state index >= 15 is 0 Å². The van der Waals surface area contributed by atoms with Gasteiger partial charge in [0.2, 0.25) is 10.9 Å². The molecule has 5 aromatic rings. The van der Waals surface area contributed by atoms with Gasteiger partial charge in [0.1, 0.15) is 10.6 Å². The molecule has 3 aromatic heterocycles. The Hall–Kier alpha value is -3.21. The number of nitrogens with zero attached hydrogens (tertiary/aromatic N) is 3. The summed E-state index contributed by atoms with van der Waals surface area (Å²) in [6.07, 6.45) is 0. The Morgan fingerprint density at radius 2 is 1.91 bits per heavy atom. The Kier molecular flexibility index (Phi) is 6.36. The first kappa shape index (κ1) is 22.6. The molecule has 0 radical (unpaired) electrons. The summed E-state index contributed by atoms with van der Waals surface area (Å²) in [5.74, 6) is -0.555. The summed E-state index contributed by atoms with van der Waals surface area (Å²) in [5.41, 5.74) is 4.16. The third kappa shape index (κ3) is 4.31. The van der Waals surface area contributed by atoms with Crippen LogP contribution >= 0.6 is 34.4 Å². The lowest BCUT2D eigenvalue weighted by Crippen LogP contribution is -2.16. The standard InChI is InChI=1S/C24H20N4O3S3/c1-3-31-22(30)20-16(15-10-8-14(2)9-11-15)12-32-21(20)25-19(29)13-33-23-26-27-24-28(23)17-6-4-5-7-18(17)34-24/h4-12H,3,13H2,1-2H3,(H,25,29). The number of ether oxygens (including phenoxy) is 1. The van der Waals surface area contributed by atoms with E-state index in [2.05, 4.69) is 15.5 Å². The molecule has 0 aliphatic rings. The number of thiophene rings is 1. The molecule has 0 atom stereocenters. The maximum absolute atomic E-state index is 12.8. The van der Waals surface area contributed by atoms with E-state index in [9.17, 15) is 9.59 Å². The molecule has 0 unspecified atom stereocenters. The quantitative estimate of drug-likeness (QED) is 0.218. The number of esters is 1. The highest BCUT2D eigenvalue weighted by Crippen LogP contribution is 2.37. The topological polar surface area (TPSA) is 85.6 Å². The fourth-order valence-corrected chi connectivity index (χ4v) is 6.28. The normalized spacial score (nSPS) is 11.2. The van der Waals surface area contributed by atoms with Crippen LogP contribution in [0.1, 0.15) is 22.8 Å². The predicted octanol–water partition coefficient (Wildman–Crippen LogP) is 5.89. The minimum Gasteiger partial charge on any atom is -0.462 e. The van der Waals surface area contributed by atoms with Crippen LogP contribution in [0.25, 0.3) is 26.3 Å². The number of thioether (sulfide) groups is 1. The summed E-state index contributed by atoms with van der Waals surface area (Å²) in [5, 5.41) is 14.4. The van der Waals surface area contributed by atoms with E-state index < -0.39 is 5.97 Å². The number of nitrogens with one attached hydrogen (secondary N) is 1. The van der Waals surface area contributed by atoms with Crippen molar-refractivity contribution in [3.63, 3.8) is 0 Å². The second-order valence-electron chi connectivity index (χ2n) is 7.45. The molecule has 0 aliphatic heterocycles. The van der Waals surface area contributed by atoms with Crippen LogP contribution in [-0.4, -0.2) is 38.8 Å². The van der Waals surface area contributed by atoms with Crippen LogP contribution in [0.2, 0.25) is 0 Å². The predicted molar refractivity (Wildman–Crippen MR) is 138 cm³/mol. The van der Waals surface area contributed by atoms with Crippen molar-refractivity contribution in [2.24, 2.45) is 0 Å². The highest BCUT2D eigenvalue weighted by molar-refractivity contribution is 7.99. The van der Waals surface area contributed by atoms with Crippen molar-refractivity contribution in [1.29, 1.82) is 0 Å². The number of hydrogen-bond acceptors (Lipinski definition) is 8. The summed E-state index contributed by atoms with van der Waals surface area (Å²) >= 11 is 4.17. The van der Waals surface area contributed by atoms with E-state index in [1.165, 1.54) is 23.1 Å². The zero-order valence-corrected chi connectivity index (χ0v) is 20.9. The van der Waals surface area contributed by atoms with Crippen molar-refractivity contribution in [3.8, 4) is 11.1 Å². The minimum atomic E-state index is -0.453. The molecule has 34 heavy (non-hydrogen) atoms. The third-order valence-electron chi connectivity index (χ3n) is 5.13. The second-order valence-corrected chi connectivity index (χ2v) is 10.3. The number of aromatic nitrogens is 3. The summed E-state index contributed by atoms with van der Waals surface area (Å²) < 4.78 is 8.36. The van der Waals surface area contributed by atoms with Gasteiger partial charge in [-0.1, -0.05) is 65.1 Å². The lowest BCUT2D eigenvalue weighted by atomic mass is 10.0. The zero-order valence-electron chi connectivity index (χ0n) is 18.4. The number of carbonyl (C=O) groups excluding carboxylic acids is 2. The number of anilines is 1. The lowest BCUT2D eigenvalue weighted by Gasteiger charge is -2.09. The number of hydrogen-bond donors (Lipinski definition) is 1. The molecule has 0 saturated carbocycles. The Labute approximate surface area is 207 Å². The minimum absolute atomic E-state index is 0.130. The van der Waals surface area contributed by atoms with Crippen LogP contribution in [0, 0.1) is 6.92 Å². The van der Waals surface area contributed by atoms with Crippen LogP contribution in [0.3, 0.4) is 0 Å². The van der Waals surface area contributed by atoms with Gasteiger partial charge in [-0.2, -0.15) is 0 Å². The van der Waals surface area contributed by atoms with Crippen molar-refractivity contribution >= 4 is 66.5 Å². The fourth-order valence-electron chi connectivity index (χ4n) is 3.54. The van der Waals surface area contributed by atoms with Crippen LogP contribution in [-0.2, 0) is 9.53 Å². The van der Waals surface area contributed by atoms with Crippen molar-refractivity contribution < 1.29 is 14.3 Å². The number of aryl methyl sites for hydroxylation is 1. The highest BCUT2D eigenvalue weighted by atomic mass is 32.2. The van der Waals surface area contributed by atoms with Gasteiger partial charge >= 0.3 is 5.97 Å². The number of rotatable bonds is 7. The van der Waals surface area contributed by atoms with E-state index in [4.69, 9.17) is 4.74 Å². The number of thiazole rings is 1. The van der Waals surface area contributed by atoms with E-state index in [-0.39, 0.29) is 18.3 Å². The van der Waals surface area contributed by atoms with Gasteiger partial charge in [-0.25, -0.2) is 4.79 Å². The van der Waals surface area contributed by atoms with E-state index in [0.29, 0.717) is 15.7 Å². The number of para-hydroxylation sites is 1. The molecule has 7 nitrogen and oxygen atoms in total. The molecule has 3 heterocycles. The Bertz CT molecular complexity index is 1500.